The molecule has 2 N–H and O–H groups in total. The average Bonchev–Trinajstić information content (AvgIpc) is 4.23. The van der Waals surface area contributed by atoms with Crippen LogP contribution in [0.3, 0.4) is 0 Å². The first-order valence-corrected chi connectivity index (χ1v) is 26.8. The van der Waals surface area contributed by atoms with Crippen molar-refractivity contribution in [1.82, 2.24) is 10.6 Å². The van der Waals surface area contributed by atoms with Gasteiger partial charge in [-0.25, -0.2) is 0 Å². The summed E-state index contributed by atoms with van der Waals surface area (Å²) in [4.78, 5) is 0. The van der Waals surface area contributed by atoms with E-state index in [1.807, 2.05) is 14.2 Å². The minimum atomic E-state index is -0.199. The molecule has 13 atom stereocenters. The van der Waals surface area contributed by atoms with Gasteiger partial charge in [0.2, 0.25) is 0 Å². The molecule has 66 heavy (non-hydrogen) atoms. The monoisotopic (exact) mass is 911 g/mol. The van der Waals surface area contributed by atoms with Crippen molar-refractivity contribution in [1.29, 1.82) is 0 Å². The Bertz CT molecular complexity index is 2050. The summed E-state index contributed by atoms with van der Waals surface area (Å²) >= 11 is 0. The molecule has 0 aromatic heterocycles. The van der Waals surface area contributed by atoms with Crippen LogP contribution in [0.5, 0.6) is 23.0 Å². The molecule has 2 aromatic carbocycles. The van der Waals surface area contributed by atoms with E-state index in [0.29, 0.717) is 48.8 Å². The van der Waals surface area contributed by atoms with Crippen LogP contribution < -0.4 is 29.6 Å². The highest BCUT2D eigenvalue weighted by Gasteiger charge is 2.68. The van der Waals surface area contributed by atoms with Gasteiger partial charge in [-0.15, -0.1) is 0 Å². The lowest BCUT2D eigenvalue weighted by Gasteiger charge is -2.59. The zero-order valence-corrected chi connectivity index (χ0v) is 43.8. The van der Waals surface area contributed by atoms with Crippen LogP contribution >= 0.6 is 0 Å². The number of fused-ring (bicyclic) bond motifs is 3. The molecule has 8 heteroatoms. The number of rotatable bonds is 19. The van der Waals surface area contributed by atoms with Gasteiger partial charge in [0.1, 0.15) is 31.5 Å². The van der Waals surface area contributed by atoms with Gasteiger partial charge in [-0.1, -0.05) is 95.2 Å². The molecule has 0 bridgehead atoms. The summed E-state index contributed by atoms with van der Waals surface area (Å²) in [5.74, 6) is 7.30. The highest BCUT2D eigenvalue weighted by molar-refractivity contribution is 5.62. The third-order valence-corrected chi connectivity index (χ3v) is 19.9. The lowest BCUT2D eigenvalue weighted by atomic mass is 9.48. The number of ether oxygens (including phenoxy) is 6. The van der Waals surface area contributed by atoms with Gasteiger partial charge >= 0.3 is 0 Å². The van der Waals surface area contributed by atoms with E-state index < -0.39 is 0 Å². The van der Waals surface area contributed by atoms with Gasteiger partial charge in [-0.3, -0.25) is 0 Å². The van der Waals surface area contributed by atoms with E-state index in [9.17, 15) is 0 Å². The van der Waals surface area contributed by atoms with Gasteiger partial charge in [-0.05, 0) is 159 Å². The maximum absolute atomic E-state index is 7.45. The third kappa shape index (κ3) is 7.92. The summed E-state index contributed by atoms with van der Waals surface area (Å²) in [7, 11) is 3.84. The summed E-state index contributed by atoms with van der Waals surface area (Å²) in [6, 6.07) is 9.41. The van der Waals surface area contributed by atoms with Crippen LogP contribution in [-0.4, -0.2) is 77.5 Å². The van der Waals surface area contributed by atoms with E-state index in [2.05, 4.69) is 118 Å². The van der Waals surface area contributed by atoms with Gasteiger partial charge in [0, 0.05) is 47.6 Å². The number of benzene rings is 2. The van der Waals surface area contributed by atoms with Crippen molar-refractivity contribution in [3.63, 3.8) is 0 Å². The molecular weight excluding hydrogens is 821 g/mol. The molecule has 7 aliphatic rings. The van der Waals surface area contributed by atoms with E-state index in [1.54, 1.807) is 0 Å². The van der Waals surface area contributed by atoms with Crippen molar-refractivity contribution in [3.8, 4) is 23.0 Å². The quantitative estimate of drug-likeness (QED) is 0.135. The number of hydrogen-bond acceptors (Lipinski definition) is 8. The predicted molar refractivity (Wildman–Crippen MR) is 266 cm³/mol. The van der Waals surface area contributed by atoms with Gasteiger partial charge in [0.25, 0.3) is 0 Å². The number of nitrogens with one attached hydrogen (secondary N) is 2. The fraction of sp³-hybridized carbons (Fsp3) is 0.793. The van der Waals surface area contributed by atoms with Crippen LogP contribution in [0.15, 0.2) is 24.3 Å². The van der Waals surface area contributed by atoms with Crippen molar-refractivity contribution >= 4 is 0 Å². The van der Waals surface area contributed by atoms with Gasteiger partial charge in [-0.2, -0.15) is 0 Å². The van der Waals surface area contributed by atoms with Gasteiger partial charge < -0.3 is 39.1 Å². The van der Waals surface area contributed by atoms with Crippen molar-refractivity contribution in [2.45, 2.75) is 189 Å². The first kappa shape index (κ1) is 48.5. The van der Waals surface area contributed by atoms with Crippen LogP contribution in [0.2, 0.25) is 0 Å². The molecule has 0 spiro atoms. The molecule has 0 radical (unpaired) electrons. The van der Waals surface area contributed by atoms with Crippen LogP contribution in [0.1, 0.15) is 157 Å². The first-order valence-electron chi connectivity index (χ1n) is 26.8. The lowest BCUT2D eigenvalue weighted by molar-refractivity contribution is -0.173. The van der Waals surface area contributed by atoms with Crippen LogP contribution in [0.4, 0.5) is 0 Å². The van der Waals surface area contributed by atoms with Gasteiger partial charge in [0.05, 0.1) is 6.10 Å². The SMILES string of the molecule is CCc1ccc(OCCOc2ccc3c4c2O[C@H]2[C@H](OC)[C@@H]([C@@H](C)C(C)(C)C)CC([C@H](NCC5CC5)C3)[C@@]42CC)c2c1[C@]1(CC)C(CNCC3CC3)C[C@](C)([C@@H](C)C(C)(C)C)C(OC)[C@@H]1O2. The maximum atomic E-state index is 7.45. The van der Waals surface area contributed by atoms with Crippen LogP contribution in [-0.2, 0) is 33.1 Å². The highest BCUT2D eigenvalue weighted by Crippen LogP contribution is 2.66. The summed E-state index contributed by atoms with van der Waals surface area (Å²) in [5.41, 5.74) is 5.39. The van der Waals surface area contributed by atoms with Crippen LogP contribution in [0, 0.1) is 57.7 Å². The highest BCUT2D eigenvalue weighted by atomic mass is 16.6. The molecule has 2 aliphatic heterocycles. The van der Waals surface area contributed by atoms with Crippen molar-refractivity contribution in [2.75, 3.05) is 47.1 Å². The second-order valence-electron chi connectivity index (χ2n) is 25.0. The molecule has 0 saturated heterocycles. The number of hydrogen-bond donors (Lipinski definition) is 2. The van der Waals surface area contributed by atoms with Gasteiger partial charge in [0.15, 0.2) is 23.0 Å². The standard InChI is InChI=1S/C58H90N2O6/c1-15-38-22-24-44(49-46(38)57(16-2)40(33-59-31-36-18-19-36)30-56(12,35(5)55(9,10)11)52(62-14)53(57)66-49)63-26-27-64-45-25-23-39-28-43(60-32-37-20-21-37)42-29-41(34(4)54(6,7)8)48(61-13)51-58(42,17-3)47(39)50(45)65-51/h22-25,34-37,40-43,48,51-53,59-60H,15-21,26-33H2,1-14H3/t34-,35+,40?,41-,42?,43-,48-,51+,52?,53+,56-,57+,58+/m1/s1. The summed E-state index contributed by atoms with van der Waals surface area (Å²) in [6.07, 6.45) is 11.4. The smallest absolute Gasteiger partial charge is 0.165 e. The van der Waals surface area contributed by atoms with E-state index >= 15 is 0 Å². The fourth-order valence-electron chi connectivity index (χ4n) is 15.1. The zero-order chi connectivity index (χ0) is 47.1. The normalized spacial score (nSPS) is 35.3. The lowest BCUT2D eigenvalue weighted by Crippen LogP contribution is -2.65. The minimum Gasteiger partial charge on any atom is -0.486 e. The largest absolute Gasteiger partial charge is 0.486 e. The minimum absolute atomic E-state index is 0.00170. The van der Waals surface area contributed by atoms with Crippen LogP contribution in [0.25, 0.3) is 0 Å². The molecule has 0 amide bonds. The molecule has 9 rings (SSSR count). The summed E-state index contributed by atoms with van der Waals surface area (Å²) < 4.78 is 41.8. The third-order valence-electron chi connectivity index (χ3n) is 19.9. The molecule has 368 valence electrons. The molecule has 2 heterocycles. The van der Waals surface area contributed by atoms with E-state index in [4.69, 9.17) is 28.4 Å². The molecule has 2 aromatic rings. The Balaban J connectivity index is 0.999. The van der Waals surface area contributed by atoms with Crippen molar-refractivity contribution in [3.05, 3.63) is 46.5 Å². The first-order chi connectivity index (χ1) is 31.4. The second kappa shape index (κ2) is 18.0. The molecule has 4 fully saturated rings. The second-order valence-corrected chi connectivity index (χ2v) is 25.0. The van der Waals surface area contributed by atoms with E-state index in [0.717, 1.165) is 93.0 Å². The topological polar surface area (TPSA) is 79.4 Å². The molecule has 4 saturated carbocycles. The molecule has 3 unspecified atom stereocenters. The number of aryl methyl sites for hydroxylation is 1. The molecule has 5 aliphatic carbocycles. The Labute approximate surface area is 400 Å². The predicted octanol–water partition coefficient (Wildman–Crippen LogP) is 11.5. The summed E-state index contributed by atoms with van der Waals surface area (Å²) in [5, 5.41) is 8.14. The average molecular weight is 911 g/mol. The number of methoxy groups -OCH3 is 2. The zero-order valence-electron chi connectivity index (χ0n) is 43.8. The Morgan fingerprint density at radius 2 is 1.36 bits per heavy atom. The van der Waals surface area contributed by atoms with E-state index in [-0.39, 0.29) is 51.5 Å². The Hall–Kier alpha value is -2.52. The van der Waals surface area contributed by atoms with E-state index in [1.165, 1.54) is 47.9 Å². The van der Waals surface area contributed by atoms with Crippen molar-refractivity contribution < 1.29 is 28.4 Å². The molecular formula is C58H90N2O6. The summed E-state index contributed by atoms with van der Waals surface area (Å²) in [6.45, 7) is 32.8. The Morgan fingerprint density at radius 3 is 1.94 bits per heavy atom. The maximum Gasteiger partial charge on any atom is 0.165 e. The molecule has 8 nitrogen and oxygen atoms in total. The Kier molecular flexibility index (Phi) is 13.2. The van der Waals surface area contributed by atoms with Crippen molar-refractivity contribution in [2.24, 2.45) is 57.7 Å². The fourth-order valence-corrected chi connectivity index (χ4v) is 15.1. The Morgan fingerprint density at radius 1 is 0.742 bits per heavy atom.